The highest BCUT2D eigenvalue weighted by Crippen LogP contribution is 2.57. The molecule has 224 valence electrons. The number of carbonyl (C=O) groups is 2. The van der Waals surface area contributed by atoms with E-state index in [2.05, 4.69) is 15.5 Å². The van der Waals surface area contributed by atoms with E-state index in [1.165, 1.54) is 0 Å². The van der Waals surface area contributed by atoms with Crippen LogP contribution in [0.5, 0.6) is 5.75 Å². The van der Waals surface area contributed by atoms with Gasteiger partial charge < -0.3 is 14.8 Å². The van der Waals surface area contributed by atoms with Gasteiger partial charge in [0.2, 0.25) is 5.91 Å². The largest absolute Gasteiger partial charge is 0.492 e. The van der Waals surface area contributed by atoms with Crippen LogP contribution < -0.4 is 15.4 Å². The van der Waals surface area contributed by atoms with E-state index in [-0.39, 0.29) is 23.7 Å². The molecule has 7 nitrogen and oxygen atoms in total. The first-order chi connectivity index (χ1) is 21.5. The average molecular weight is 608 g/mol. The number of ether oxygens (including phenoxy) is 2. The number of rotatable bonds is 8. The lowest BCUT2D eigenvalue weighted by Crippen LogP contribution is -2.50. The van der Waals surface area contributed by atoms with Gasteiger partial charge in [-0.25, -0.2) is 0 Å². The Kier molecular flexibility index (Phi) is 7.95. The highest BCUT2D eigenvalue weighted by atomic mass is 35.5. The van der Waals surface area contributed by atoms with E-state index in [0.717, 1.165) is 49.5 Å². The third-order valence-corrected chi connectivity index (χ3v) is 9.36. The summed E-state index contributed by atoms with van der Waals surface area (Å²) in [5.41, 5.74) is 2.58. The number of nitrogens with zero attached hydrogens (tertiary/aromatic N) is 1. The van der Waals surface area contributed by atoms with Gasteiger partial charge in [0, 0.05) is 53.4 Å². The van der Waals surface area contributed by atoms with Crippen LogP contribution in [0.3, 0.4) is 0 Å². The fourth-order valence-corrected chi connectivity index (χ4v) is 7.20. The normalized spacial score (nSPS) is 24.7. The van der Waals surface area contributed by atoms with Crippen molar-refractivity contribution in [3.63, 3.8) is 0 Å². The summed E-state index contributed by atoms with van der Waals surface area (Å²) in [4.78, 5) is 31.3. The number of carbonyl (C=O) groups excluding carboxylic acids is 2. The first kappa shape index (κ1) is 28.7. The number of nitrogens with one attached hydrogen (secondary N) is 2. The van der Waals surface area contributed by atoms with Crippen molar-refractivity contribution in [1.82, 2.24) is 10.2 Å². The second-order valence-electron chi connectivity index (χ2n) is 11.6. The molecule has 8 heteroatoms. The molecule has 1 spiro atoms. The Hall–Kier alpha value is -4.01. The number of Topliss-reactive ketones (excluding diaryl/α,β-unsaturated/α-hetero) is 1. The van der Waals surface area contributed by atoms with Crippen molar-refractivity contribution in [3.8, 4) is 5.75 Å². The van der Waals surface area contributed by atoms with Crippen LogP contribution in [0.4, 0.5) is 5.69 Å². The topological polar surface area (TPSA) is 79.9 Å². The zero-order chi connectivity index (χ0) is 30.1. The number of fused-ring (bicyclic) bond motifs is 2. The van der Waals surface area contributed by atoms with E-state index in [4.69, 9.17) is 21.1 Å². The van der Waals surface area contributed by atoms with E-state index in [9.17, 15) is 9.59 Å². The summed E-state index contributed by atoms with van der Waals surface area (Å²) in [5.74, 6) is -0.735. The Labute approximate surface area is 262 Å². The summed E-state index contributed by atoms with van der Waals surface area (Å²) in [7, 11) is 0. The predicted octanol–water partition coefficient (Wildman–Crippen LogP) is 5.83. The van der Waals surface area contributed by atoms with Crippen molar-refractivity contribution in [2.75, 3.05) is 44.8 Å². The van der Waals surface area contributed by atoms with Crippen LogP contribution in [-0.4, -0.2) is 56.0 Å². The maximum Gasteiger partial charge on any atom is 0.250 e. The maximum absolute atomic E-state index is 14.8. The van der Waals surface area contributed by atoms with Crippen molar-refractivity contribution in [1.29, 1.82) is 0 Å². The van der Waals surface area contributed by atoms with Crippen LogP contribution in [0.15, 0.2) is 103 Å². The Balaban J connectivity index is 1.27. The van der Waals surface area contributed by atoms with Crippen molar-refractivity contribution >= 4 is 29.0 Å². The molecule has 2 saturated heterocycles. The third-order valence-electron chi connectivity index (χ3n) is 9.13. The van der Waals surface area contributed by atoms with Gasteiger partial charge >= 0.3 is 0 Å². The first-order valence-corrected chi connectivity index (χ1v) is 15.5. The summed E-state index contributed by atoms with van der Waals surface area (Å²) in [6, 6.07) is 32.5. The predicted molar refractivity (Wildman–Crippen MR) is 170 cm³/mol. The first-order valence-electron chi connectivity index (χ1n) is 15.1. The molecule has 4 aromatic rings. The fourth-order valence-electron chi connectivity index (χ4n) is 7.03. The molecule has 44 heavy (non-hydrogen) atoms. The molecule has 3 aliphatic heterocycles. The molecule has 4 atom stereocenters. The minimum Gasteiger partial charge on any atom is -0.492 e. The Morgan fingerprint density at radius 3 is 2.30 bits per heavy atom. The van der Waals surface area contributed by atoms with Crippen LogP contribution in [0.1, 0.15) is 39.0 Å². The van der Waals surface area contributed by atoms with Gasteiger partial charge in [-0.2, -0.15) is 0 Å². The molecular weight excluding hydrogens is 574 g/mol. The van der Waals surface area contributed by atoms with E-state index in [1.54, 1.807) is 12.1 Å². The van der Waals surface area contributed by atoms with Crippen molar-refractivity contribution in [3.05, 3.63) is 130 Å². The number of morpholine rings is 1. The van der Waals surface area contributed by atoms with E-state index in [0.29, 0.717) is 28.6 Å². The average Bonchev–Trinajstić information content (AvgIpc) is 3.56. The zero-order valence-electron chi connectivity index (χ0n) is 24.2. The van der Waals surface area contributed by atoms with Gasteiger partial charge in [0.25, 0.3) is 0 Å². The molecule has 0 aromatic heterocycles. The van der Waals surface area contributed by atoms with Gasteiger partial charge in [0.1, 0.15) is 17.9 Å². The zero-order valence-corrected chi connectivity index (χ0v) is 25.0. The molecule has 1 amide bonds. The SMILES string of the molecule is O=C(c1ccc(OCCN2CCOCC2)cc1)[C@H]1[C@H](c2ccccc2)[C@@H](c2ccccc2)N[C@]12C(=O)Nc1cc(Cl)ccc12. The lowest BCUT2D eigenvalue weighted by atomic mass is 9.69. The molecule has 3 heterocycles. The summed E-state index contributed by atoms with van der Waals surface area (Å²) in [5, 5.41) is 7.27. The van der Waals surface area contributed by atoms with Crippen LogP contribution in [0, 0.1) is 5.92 Å². The number of hydrogen-bond acceptors (Lipinski definition) is 6. The molecule has 0 radical (unpaired) electrons. The highest BCUT2D eigenvalue weighted by Gasteiger charge is 2.64. The summed E-state index contributed by atoms with van der Waals surface area (Å²) < 4.78 is 11.4. The smallest absolute Gasteiger partial charge is 0.250 e. The molecule has 0 unspecified atom stereocenters. The van der Waals surface area contributed by atoms with E-state index < -0.39 is 11.5 Å². The number of halogens is 1. The molecule has 0 bridgehead atoms. The minimum atomic E-state index is -1.30. The van der Waals surface area contributed by atoms with Gasteiger partial charge in [-0.15, -0.1) is 0 Å². The summed E-state index contributed by atoms with van der Waals surface area (Å²) in [6.45, 7) is 4.68. The molecule has 2 N–H and O–H groups in total. The number of anilines is 1. The van der Waals surface area contributed by atoms with Crippen molar-refractivity contribution in [2.45, 2.75) is 17.5 Å². The molecule has 4 aromatic carbocycles. The van der Waals surface area contributed by atoms with Gasteiger partial charge in [0.05, 0.1) is 19.1 Å². The third kappa shape index (κ3) is 5.20. The lowest BCUT2D eigenvalue weighted by Gasteiger charge is -2.31. The van der Waals surface area contributed by atoms with Crippen molar-refractivity contribution in [2.24, 2.45) is 5.92 Å². The second-order valence-corrected chi connectivity index (χ2v) is 12.0. The molecular formula is C36H34ClN3O4. The molecule has 2 fully saturated rings. The Morgan fingerprint density at radius 1 is 0.909 bits per heavy atom. The van der Waals surface area contributed by atoms with Crippen LogP contribution in [-0.2, 0) is 15.1 Å². The number of ketones is 1. The standard InChI is InChI=1S/C36H34ClN3O4/c37-27-13-16-29-30(23-27)38-35(42)36(29)32(31(24-7-3-1-4-8-24)33(39-36)25-9-5-2-6-10-25)34(41)26-11-14-28(15-12-26)44-22-19-40-17-20-43-21-18-40/h1-16,23,31-33,39H,17-22H2,(H,38,42)/t31-,32+,33+,36-/m0/s1. The van der Waals surface area contributed by atoms with Crippen LogP contribution in [0.2, 0.25) is 5.02 Å². The van der Waals surface area contributed by atoms with Gasteiger partial charge in [-0.05, 0) is 47.5 Å². The van der Waals surface area contributed by atoms with Crippen LogP contribution >= 0.6 is 11.6 Å². The fraction of sp³-hybridized carbons (Fsp3) is 0.278. The Bertz CT molecular complexity index is 1640. The lowest BCUT2D eigenvalue weighted by molar-refractivity contribution is -0.122. The van der Waals surface area contributed by atoms with Gasteiger partial charge in [-0.3, -0.25) is 19.8 Å². The van der Waals surface area contributed by atoms with Crippen LogP contribution in [0.25, 0.3) is 0 Å². The summed E-state index contributed by atoms with van der Waals surface area (Å²) in [6.07, 6.45) is 0. The summed E-state index contributed by atoms with van der Waals surface area (Å²) >= 11 is 6.35. The molecule has 0 aliphatic carbocycles. The van der Waals surface area contributed by atoms with E-state index in [1.807, 2.05) is 91.0 Å². The Morgan fingerprint density at radius 2 is 1.59 bits per heavy atom. The minimum absolute atomic E-state index is 0.109. The van der Waals surface area contributed by atoms with Gasteiger partial charge in [-0.1, -0.05) is 78.3 Å². The van der Waals surface area contributed by atoms with Crippen molar-refractivity contribution < 1.29 is 19.1 Å². The molecule has 0 saturated carbocycles. The monoisotopic (exact) mass is 607 g/mol. The maximum atomic E-state index is 14.8. The van der Waals surface area contributed by atoms with Gasteiger partial charge in [0.15, 0.2) is 5.78 Å². The molecule has 7 rings (SSSR count). The molecule has 3 aliphatic rings. The van der Waals surface area contributed by atoms with E-state index >= 15 is 0 Å². The quantitative estimate of drug-likeness (QED) is 0.246. The number of hydrogen-bond donors (Lipinski definition) is 2. The number of amides is 1. The highest BCUT2D eigenvalue weighted by molar-refractivity contribution is 6.31. The number of benzene rings is 4. The second kappa shape index (κ2) is 12.2.